The largest absolute Gasteiger partial charge is 0.394 e. The standard InChI is InChI=1S/C8H18N2O3/c1-8(2,6-11)10-7(12)5-13-4-3-9/h11H,3-6,9H2,1-2H3,(H,10,12). The summed E-state index contributed by atoms with van der Waals surface area (Å²) in [5, 5.41) is 11.4. The van der Waals surface area contributed by atoms with Crippen molar-refractivity contribution in [3.63, 3.8) is 0 Å². The molecule has 0 spiro atoms. The molecule has 78 valence electrons. The molecule has 0 aliphatic carbocycles. The van der Waals surface area contributed by atoms with Gasteiger partial charge in [0, 0.05) is 6.54 Å². The Morgan fingerprint density at radius 1 is 1.62 bits per heavy atom. The van der Waals surface area contributed by atoms with Crippen molar-refractivity contribution < 1.29 is 14.6 Å². The van der Waals surface area contributed by atoms with E-state index in [2.05, 4.69) is 5.32 Å². The van der Waals surface area contributed by atoms with E-state index in [1.807, 2.05) is 0 Å². The van der Waals surface area contributed by atoms with Gasteiger partial charge in [0.25, 0.3) is 0 Å². The molecule has 0 radical (unpaired) electrons. The highest BCUT2D eigenvalue weighted by atomic mass is 16.5. The highest BCUT2D eigenvalue weighted by Crippen LogP contribution is 1.98. The van der Waals surface area contributed by atoms with Crippen molar-refractivity contribution >= 4 is 5.91 Å². The molecule has 0 fully saturated rings. The Kier molecular flexibility index (Phi) is 5.61. The quantitative estimate of drug-likeness (QED) is 0.462. The summed E-state index contributed by atoms with van der Waals surface area (Å²) in [7, 11) is 0. The Balaban J connectivity index is 3.62. The van der Waals surface area contributed by atoms with E-state index in [0.717, 1.165) is 0 Å². The molecule has 0 saturated carbocycles. The molecule has 0 atom stereocenters. The van der Waals surface area contributed by atoms with E-state index in [1.165, 1.54) is 0 Å². The van der Waals surface area contributed by atoms with Crippen molar-refractivity contribution in [1.29, 1.82) is 0 Å². The van der Waals surface area contributed by atoms with Crippen LogP contribution in [0.5, 0.6) is 0 Å². The first-order chi connectivity index (χ1) is 6.02. The summed E-state index contributed by atoms with van der Waals surface area (Å²) < 4.78 is 4.92. The van der Waals surface area contributed by atoms with Crippen LogP contribution in [0.2, 0.25) is 0 Å². The van der Waals surface area contributed by atoms with Gasteiger partial charge in [-0.25, -0.2) is 0 Å². The van der Waals surface area contributed by atoms with Crippen LogP contribution in [-0.2, 0) is 9.53 Å². The minimum absolute atomic E-state index is 0.0133. The minimum atomic E-state index is -0.594. The normalized spacial score (nSPS) is 11.4. The molecule has 1 amide bonds. The number of nitrogens with two attached hydrogens (primary N) is 1. The van der Waals surface area contributed by atoms with Gasteiger partial charge in [-0.05, 0) is 13.8 Å². The van der Waals surface area contributed by atoms with Crippen molar-refractivity contribution in [2.45, 2.75) is 19.4 Å². The number of aliphatic hydroxyl groups excluding tert-OH is 1. The van der Waals surface area contributed by atoms with E-state index in [4.69, 9.17) is 15.6 Å². The second kappa shape index (κ2) is 5.90. The van der Waals surface area contributed by atoms with Gasteiger partial charge >= 0.3 is 0 Å². The number of hydrogen-bond donors (Lipinski definition) is 3. The van der Waals surface area contributed by atoms with Gasteiger partial charge in [0.05, 0.1) is 18.8 Å². The molecule has 0 saturated heterocycles. The van der Waals surface area contributed by atoms with E-state index in [0.29, 0.717) is 13.2 Å². The number of carbonyl (C=O) groups is 1. The molecular weight excluding hydrogens is 172 g/mol. The van der Waals surface area contributed by atoms with Crippen LogP contribution in [0, 0.1) is 0 Å². The number of nitrogens with one attached hydrogen (secondary N) is 1. The van der Waals surface area contributed by atoms with Gasteiger partial charge in [-0.15, -0.1) is 0 Å². The highest BCUT2D eigenvalue weighted by Gasteiger charge is 2.18. The molecule has 13 heavy (non-hydrogen) atoms. The molecule has 0 heterocycles. The van der Waals surface area contributed by atoms with Crippen LogP contribution in [0.3, 0.4) is 0 Å². The molecule has 0 bridgehead atoms. The average molecular weight is 190 g/mol. The van der Waals surface area contributed by atoms with Gasteiger partial charge in [-0.3, -0.25) is 4.79 Å². The lowest BCUT2D eigenvalue weighted by atomic mass is 10.1. The van der Waals surface area contributed by atoms with E-state index >= 15 is 0 Å². The molecule has 0 aromatic carbocycles. The van der Waals surface area contributed by atoms with Crippen LogP contribution in [0.15, 0.2) is 0 Å². The first-order valence-electron chi connectivity index (χ1n) is 4.21. The predicted molar refractivity (Wildman–Crippen MR) is 49.2 cm³/mol. The number of amides is 1. The van der Waals surface area contributed by atoms with E-state index in [-0.39, 0.29) is 19.1 Å². The van der Waals surface area contributed by atoms with Crippen molar-refractivity contribution in [2.75, 3.05) is 26.4 Å². The van der Waals surface area contributed by atoms with E-state index in [9.17, 15) is 4.79 Å². The van der Waals surface area contributed by atoms with Crippen molar-refractivity contribution in [2.24, 2.45) is 5.73 Å². The molecule has 5 nitrogen and oxygen atoms in total. The molecule has 0 aromatic heterocycles. The summed E-state index contributed by atoms with van der Waals surface area (Å²) in [5.41, 5.74) is 4.58. The Hall–Kier alpha value is -0.650. The zero-order valence-corrected chi connectivity index (χ0v) is 8.17. The zero-order valence-electron chi connectivity index (χ0n) is 8.17. The molecule has 0 rings (SSSR count). The first kappa shape index (κ1) is 12.3. The van der Waals surface area contributed by atoms with Crippen LogP contribution < -0.4 is 11.1 Å². The third-order valence-electron chi connectivity index (χ3n) is 1.37. The lowest BCUT2D eigenvalue weighted by molar-refractivity contribution is -0.127. The maximum absolute atomic E-state index is 11.1. The minimum Gasteiger partial charge on any atom is -0.394 e. The van der Waals surface area contributed by atoms with Crippen molar-refractivity contribution in [3.8, 4) is 0 Å². The average Bonchev–Trinajstić information content (AvgIpc) is 2.04. The predicted octanol–water partition coefficient (Wildman–Crippen LogP) is -1.15. The maximum atomic E-state index is 11.1. The Labute approximate surface area is 78.3 Å². The third-order valence-corrected chi connectivity index (χ3v) is 1.37. The lowest BCUT2D eigenvalue weighted by Crippen LogP contribution is -2.47. The monoisotopic (exact) mass is 190 g/mol. The number of rotatable bonds is 6. The Morgan fingerprint density at radius 3 is 2.69 bits per heavy atom. The first-order valence-corrected chi connectivity index (χ1v) is 4.21. The topological polar surface area (TPSA) is 84.6 Å². The van der Waals surface area contributed by atoms with Gasteiger partial charge < -0.3 is 20.9 Å². The highest BCUT2D eigenvalue weighted by molar-refractivity contribution is 5.77. The number of carbonyl (C=O) groups excluding carboxylic acids is 1. The summed E-state index contributed by atoms with van der Waals surface area (Å²) in [5.74, 6) is -0.243. The number of hydrogen-bond acceptors (Lipinski definition) is 4. The van der Waals surface area contributed by atoms with Crippen molar-refractivity contribution in [3.05, 3.63) is 0 Å². The summed E-state index contributed by atoms with van der Waals surface area (Å²) >= 11 is 0. The van der Waals surface area contributed by atoms with Gasteiger partial charge in [-0.1, -0.05) is 0 Å². The smallest absolute Gasteiger partial charge is 0.246 e. The van der Waals surface area contributed by atoms with E-state index < -0.39 is 5.54 Å². The SMILES string of the molecule is CC(C)(CO)NC(=O)COCCN. The second-order valence-electron chi connectivity index (χ2n) is 3.43. The van der Waals surface area contributed by atoms with Crippen LogP contribution >= 0.6 is 0 Å². The lowest BCUT2D eigenvalue weighted by Gasteiger charge is -2.23. The zero-order chi connectivity index (χ0) is 10.3. The fourth-order valence-electron chi connectivity index (χ4n) is 0.701. The number of aliphatic hydroxyl groups is 1. The summed E-state index contributed by atoms with van der Waals surface area (Å²) in [4.78, 5) is 11.1. The Morgan fingerprint density at radius 2 is 2.23 bits per heavy atom. The molecular formula is C8H18N2O3. The fourth-order valence-corrected chi connectivity index (χ4v) is 0.701. The van der Waals surface area contributed by atoms with Crippen LogP contribution in [-0.4, -0.2) is 42.9 Å². The van der Waals surface area contributed by atoms with Crippen molar-refractivity contribution in [1.82, 2.24) is 5.32 Å². The summed E-state index contributed by atoms with van der Waals surface area (Å²) in [6, 6.07) is 0. The van der Waals surface area contributed by atoms with Gasteiger partial charge in [0.1, 0.15) is 6.61 Å². The molecule has 4 N–H and O–H groups in total. The van der Waals surface area contributed by atoms with Crippen LogP contribution in [0.1, 0.15) is 13.8 Å². The molecule has 0 unspecified atom stereocenters. The van der Waals surface area contributed by atoms with Gasteiger partial charge in [0.15, 0.2) is 0 Å². The molecule has 0 aliphatic rings. The third kappa shape index (κ3) is 6.51. The summed E-state index contributed by atoms with van der Waals surface area (Å²) in [6.07, 6.45) is 0. The molecule has 0 aromatic rings. The second-order valence-corrected chi connectivity index (χ2v) is 3.43. The molecule has 0 aliphatic heterocycles. The fraction of sp³-hybridized carbons (Fsp3) is 0.875. The van der Waals surface area contributed by atoms with Crippen LogP contribution in [0.4, 0.5) is 0 Å². The maximum Gasteiger partial charge on any atom is 0.246 e. The van der Waals surface area contributed by atoms with Gasteiger partial charge in [0.2, 0.25) is 5.91 Å². The summed E-state index contributed by atoms with van der Waals surface area (Å²) in [6.45, 7) is 4.11. The van der Waals surface area contributed by atoms with Crippen LogP contribution in [0.25, 0.3) is 0 Å². The molecule has 5 heteroatoms. The van der Waals surface area contributed by atoms with E-state index in [1.54, 1.807) is 13.8 Å². The number of ether oxygens (including phenoxy) is 1. The Bertz CT molecular complexity index is 159. The van der Waals surface area contributed by atoms with Gasteiger partial charge in [-0.2, -0.15) is 0 Å².